The van der Waals surface area contributed by atoms with Crippen molar-refractivity contribution in [2.75, 3.05) is 0 Å². The van der Waals surface area contributed by atoms with Crippen LogP contribution in [-0.4, -0.2) is 16.6 Å². The van der Waals surface area contributed by atoms with E-state index in [1.165, 1.54) is 6.92 Å². The molecule has 2 unspecified atom stereocenters. The van der Waals surface area contributed by atoms with E-state index in [4.69, 9.17) is 57.2 Å². The quantitative estimate of drug-likeness (QED) is 0.593. The van der Waals surface area contributed by atoms with Crippen LogP contribution in [0.3, 0.4) is 0 Å². The van der Waals surface area contributed by atoms with E-state index >= 15 is 0 Å². The first-order valence-electron chi connectivity index (χ1n) is 5.90. The van der Waals surface area contributed by atoms with Crippen molar-refractivity contribution in [3.63, 3.8) is 0 Å². The lowest BCUT2D eigenvalue weighted by Gasteiger charge is -2.24. The second kappa shape index (κ2) is 6.71. The van der Waals surface area contributed by atoms with E-state index < -0.39 is 11.5 Å². The maximum absolute atomic E-state index is 11.0. The maximum atomic E-state index is 11.0. The third-order valence-corrected chi connectivity index (χ3v) is 4.80. The number of halogens is 4. The lowest BCUT2D eigenvalue weighted by molar-refractivity contribution is -0.143. The summed E-state index contributed by atoms with van der Waals surface area (Å²) in [5.74, 6) is -1.05. The van der Waals surface area contributed by atoms with Gasteiger partial charge in [-0.25, -0.2) is 0 Å². The van der Waals surface area contributed by atoms with Crippen molar-refractivity contribution in [3.05, 3.63) is 31.7 Å². The van der Waals surface area contributed by atoms with Gasteiger partial charge in [-0.1, -0.05) is 53.3 Å². The number of hydrogen-bond donors (Lipinski definition) is 2. The second-order valence-electron chi connectivity index (χ2n) is 5.20. The highest BCUT2D eigenvalue weighted by atomic mass is 35.5. The highest BCUT2D eigenvalue weighted by Crippen LogP contribution is 2.39. The van der Waals surface area contributed by atoms with Gasteiger partial charge in [-0.3, -0.25) is 4.79 Å². The fourth-order valence-electron chi connectivity index (χ4n) is 2.03. The molecular weight excluding hydrogens is 344 g/mol. The highest BCUT2D eigenvalue weighted by molar-refractivity contribution is 6.51. The summed E-state index contributed by atoms with van der Waals surface area (Å²) < 4.78 is 0. The van der Waals surface area contributed by atoms with Crippen molar-refractivity contribution in [1.82, 2.24) is 0 Å². The van der Waals surface area contributed by atoms with Gasteiger partial charge in [-0.2, -0.15) is 0 Å². The third kappa shape index (κ3) is 4.15. The standard InChI is InChI=1S/C13H15Cl4NO2/c1-6(5-13(2,18)12(19)20)3-7-4-8(14)10(16)11(17)9(7)15/h4,6H,3,5,18H2,1-2H3,(H,19,20). The molecule has 0 saturated carbocycles. The molecule has 0 spiro atoms. The molecular formula is C13H15Cl4NO2. The number of rotatable bonds is 5. The Morgan fingerprint density at radius 2 is 1.85 bits per heavy atom. The van der Waals surface area contributed by atoms with Gasteiger partial charge in [-0.15, -0.1) is 0 Å². The average molecular weight is 359 g/mol. The van der Waals surface area contributed by atoms with E-state index in [-0.39, 0.29) is 16.0 Å². The molecule has 0 fully saturated rings. The number of carboxylic acid groups (broad SMARTS) is 1. The van der Waals surface area contributed by atoms with Crippen molar-refractivity contribution >= 4 is 52.4 Å². The molecule has 3 nitrogen and oxygen atoms in total. The number of aliphatic carboxylic acids is 1. The van der Waals surface area contributed by atoms with E-state index in [0.717, 1.165) is 5.56 Å². The first-order chi connectivity index (χ1) is 9.06. The molecule has 7 heteroatoms. The maximum Gasteiger partial charge on any atom is 0.323 e. The van der Waals surface area contributed by atoms with Crippen LogP contribution in [0.25, 0.3) is 0 Å². The molecule has 0 aromatic heterocycles. The highest BCUT2D eigenvalue weighted by Gasteiger charge is 2.30. The van der Waals surface area contributed by atoms with Crippen molar-refractivity contribution in [3.8, 4) is 0 Å². The number of carbonyl (C=O) groups is 1. The van der Waals surface area contributed by atoms with Crippen LogP contribution in [-0.2, 0) is 11.2 Å². The Hall–Kier alpha value is -0.190. The zero-order chi connectivity index (χ0) is 15.7. The molecule has 0 amide bonds. The average Bonchev–Trinajstić information content (AvgIpc) is 2.32. The first-order valence-corrected chi connectivity index (χ1v) is 7.41. The van der Waals surface area contributed by atoms with Gasteiger partial charge in [-0.05, 0) is 37.3 Å². The van der Waals surface area contributed by atoms with Crippen molar-refractivity contribution in [2.24, 2.45) is 11.7 Å². The predicted octanol–water partition coefficient (Wildman–Crippen LogP) is 4.67. The van der Waals surface area contributed by atoms with Gasteiger partial charge in [0.2, 0.25) is 0 Å². The van der Waals surface area contributed by atoms with Crippen LogP contribution in [0.5, 0.6) is 0 Å². The summed E-state index contributed by atoms with van der Waals surface area (Å²) in [6.07, 6.45) is 0.812. The van der Waals surface area contributed by atoms with Gasteiger partial charge in [0.25, 0.3) is 0 Å². The Morgan fingerprint density at radius 3 is 2.35 bits per heavy atom. The molecule has 3 N–H and O–H groups in total. The van der Waals surface area contributed by atoms with Gasteiger partial charge in [0.05, 0.1) is 20.1 Å². The zero-order valence-electron chi connectivity index (χ0n) is 11.0. The largest absolute Gasteiger partial charge is 0.480 e. The summed E-state index contributed by atoms with van der Waals surface area (Å²) >= 11 is 24.0. The van der Waals surface area contributed by atoms with Crippen molar-refractivity contribution < 1.29 is 9.90 Å². The first kappa shape index (κ1) is 17.9. The fourth-order valence-corrected chi connectivity index (χ4v) is 2.95. The SMILES string of the molecule is CC(Cc1cc(Cl)c(Cl)c(Cl)c1Cl)CC(C)(N)C(=O)O. The van der Waals surface area contributed by atoms with Crippen LogP contribution in [0.2, 0.25) is 20.1 Å². The molecule has 1 rings (SSSR count). The molecule has 20 heavy (non-hydrogen) atoms. The fraction of sp³-hybridized carbons (Fsp3) is 0.462. The van der Waals surface area contributed by atoms with E-state index in [1.807, 2.05) is 6.92 Å². The molecule has 0 aliphatic heterocycles. The van der Waals surface area contributed by atoms with E-state index in [1.54, 1.807) is 6.07 Å². The van der Waals surface area contributed by atoms with Gasteiger partial charge < -0.3 is 10.8 Å². The molecule has 112 valence electrons. The summed E-state index contributed by atoms with van der Waals surface area (Å²) in [5, 5.41) is 10.1. The number of hydrogen-bond acceptors (Lipinski definition) is 2. The second-order valence-corrected chi connectivity index (χ2v) is 6.74. The third-order valence-electron chi connectivity index (χ3n) is 3.01. The van der Waals surface area contributed by atoms with Crippen molar-refractivity contribution in [1.29, 1.82) is 0 Å². The Kier molecular flexibility index (Phi) is 6.00. The van der Waals surface area contributed by atoms with Crippen LogP contribution in [0.4, 0.5) is 0 Å². The Labute approximate surface area is 137 Å². The minimum Gasteiger partial charge on any atom is -0.480 e. The summed E-state index contributed by atoms with van der Waals surface area (Å²) in [6, 6.07) is 1.64. The number of carboxylic acids is 1. The summed E-state index contributed by atoms with van der Waals surface area (Å²) in [7, 11) is 0. The lowest BCUT2D eigenvalue weighted by atomic mass is 9.87. The monoisotopic (exact) mass is 357 g/mol. The van der Waals surface area contributed by atoms with Crippen molar-refractivity contribution in [2.45, 2.75) is 32.2 Å². The van der Waals surface area contributed by atoms with E-state index in [2.05, 4.69) is 0 Å². The minimum atomic E-state index is -1.29. The van der Waals surface area contributed by atoms with Gasteiger partial charge in [0.15, 0.2) is 0 Å². The Balaban J connectivity index is 2.92. The van der Waals surface area contributed by atoms with Crippen LogP contribution in [0.1, 0.15) is 25.8 Å². The van der Waals surface area contributed by atoms with Gasteiger partial charge in [0, 0.05) is 0 Å². The minimum absolute atomic E-state index is 0.00749. The molecule has 2 atom stereocenters. The van der Waals surface area contributed by atoms with E-state index in [0.29, 0.717) is 22.9 Å². The molecule has 0 saturated heterocycles. The molecule has 0 bridgehead atoms. The molecule has 1 aromatic carbocycles. The van der Waals surface area contributed by atoms with Gasteiger partial charge >= 0.3 is 5.97 Å². The molecule has 1 aromatic rings. The lowest BCUT2D eigenvalue weighted by Crippen LogP contribution is -2.46. The smallest absolute Gasteiger partial charge is 0.323 e. The predicted molar refractivity (Wildman–Crippen MR) is 84.2 cm³/mol. The van der Waals surface area contributed by atoms with Crippen LogP contribution in [0.15, 0.2) is 6.07 Å². The van der Waals surface area contributed by atoms with Crippen LogP contribution in [0, 0.1) is 5.92 Å². The summed E-state index contributed by atoms with van der Waals surface area (Å²) in [5.41, 5.74) is 5.17. The molecule has 0 heterocycles. The zero-order valence-corrected chi connectivity index (χ0v) is 14.0. The molecule has 0 aliphatic carbocycles. The van der Waals surface area contributed by atoms with E-state index in [9.17, 15) is 4.79 Å². The summed E-state index contributed by atoms with van der Waals surface area (Å²) in [6.45, 7) is 3.37. The molecule has 0 radical (unpaired) electrons. The van der Waals surface area contributed by atoms with Crippen LogP contribution < -0.4 is 5.73 Å². The Morgan fingerprint density at radius 1 is 1.30 bits per heavy atom. The number of nitrogens with two attached hydrogens (primary N) is 1. The normalized spacial score (nSPS) is 15.8. The molecule has 0 aliphatic rings. The number of benzene rings is 1. The van der Waals surface area contributed by atoms with Gasteiger partial charge in [0.1, 0.15) is 5.54 Å². The Bertz CT molecular complexity index is 532. The topological polar surface area (TPSA) is 63.3 Å². The van der Waals surface area contributed by atoms with Crippen LogP contribution >= 0.6 is 46.4 Å². The summed E-state index contributed by atoms with van der Waals surface area (Å²) in [4.78, 5) is 11.0.